The molecule has 1 saturated heterocycles. The molecule has 1 heterocycles. The van der Waals surface area contributed by atoms with Crippen LogP contribution in [0.25, 0.3) is 0 Å². The van der Waals surface area contributed by atoms with Gasteiger partial charge in [0.25, 0.3) is 0 Å². The molecule has 0 bridgehead atoms. The third kappa shape index (κ3) is 4.99. The average Bonchev–Trinajstić information content (AvgIpc) is 2.23. The summed E-state index contributed by atoms with van der Waals surface area (Å²) < 4.78 is 10.8. The Balaban J connectivity index is 2.49. The number of carboxylic acids is 1. The first kappa shape index (κ1) is 14.9. The van der Waals surface area contributed by atoms with Crippen molar-refractivity contribution in [3.05, 3.63) is 0 Å². The third-order valence-electron chi connectivity index (χ3n) is 2.40. The molecule has 7 heteroatoms. The molecule has 0 aromatic rings. The van der Waals surface area contributed by atoms with Gasteiger partial charge in [-0.05, 0) is 13.8 Å². The Kier molecular flexibility index (Phi) is 5.52. The van der Waals surface area contributed by atoms with Crippen LogP contribution in [0.4, 0.5) is 0 Å². The minimum Gasteiger partial charge on any atom is -0.480 e. The molecule has 0 aromatic heterocycles. The Morgan fingerprint density at radius 2 is 2.11 bits per heavy atom. The number of hydrogen-bond acceptors (Lipinski definition) is 5. The molecule has 1 aliphatic heterocycles. The second-order valence-electron chi connectivity index (χ2n) is 4.48. The van der Waals surface area contributed by atoms with E-state index < -0.39 is 36.9 Å². The number of carbonyl (C=O) groups excluding carboxylic acids is 1. The summed E-state index contributed by atoms with van der Waals surface area (Å²) in [6, 6.07) is 0. The van der Waals surface area contributed by atoms with Crippen molar-refractivity contribution in [2.45, 2.75) is 51.3 Å². The minimum atomic E-state index is -1.13. The van der Waals surface area contributed by atoms with Gasteiger partial charge in [-0.2, -0.15) is 0 Å². The number of hydrogen-bond donors (Lipinski definition) is 3. The fraction of sp³-hybridized carbons (Fsp3) is 0.818. The van der Waals surface area contributed by atoms with Crippen molar-refractivity contribution in [1.82, 2.24) is 5.32 Å². The lowest BCUT2D eigenvalue weighted by Gasteiger charge is -2.33. The quantitative estimate of drug-likeness (QED) is 0.615. The number of aliphatic carboxylic acids is 1. The van der Waals surface area contributed by atoms with E-state index in [-0.39, 0.29) is 12.5 Å². The van der Waals surface area contributed by atoms with Crippen molar-refractivity contribution in [3.63, 3.8) is 0 Å². The van der Waals surface area contributed by atoms with E-state index in [0.717, 1.165) is 0 Å². The lowest BCUT2D eigenvalue weighted by Crippen LogP contribution is -2.47. The number of amides is 1. The minimum absolute atomic E-state index is 0.0805. The highest BCUT2D eigenvalue weighted by Crippen LogP contribution is 2.21. The SMILES string of the molecule is CC(C)OC1CC(O)CC(C(=O)NCC(=O)O)O1. The summed E-state index contributed by atoms with van der Waals surface area (Å²) >= 11 is 0. The largest absolute Gasteiger partial charge is 0.480 e. The molecule has 104 valence electrons. The molecule has 3 atom stereocenters. The van der Waals surface area contributed by atoms with Crippen LogP contribution in [0.2, 0.25) is 0 Å². The maximum Gasteiger partial charge on any atom is 0.322 e. The lowest BCUT2D eigenvalue weighted by atomic mass is 10.0. The van der Waals surface area contributed by atoms with Crippen LogP contribution in [-0.4, -0.2) is 53.2 Å². The summed E-state index contributed by atoms with van der Waals surface area (Å²) in [5.74, 6) is -1.68. The zero-order chi connectivity index (χ0) is 13.7. The summed E-state index contributed by atoms with van der Waals surface area (Å²) in [6.45, 7) is 3.18. The normalized spacial score (nSPS) is 28.1. The van der Waals surface area contributed by atoms with Gasteiger partial charge in [0.1, 0.15) is 12.6 Å². The molecule has 7 nitrogen and oxygen atoms in total. The van der Waals surface area contributed by atoms with Gasteiger partial charge in [-0.25, -0.2) is 0 Å². The number of ether oxygens (including phenoxy) is 2. The average molecular weight is 261 g/mol. The number of nitrogens with one attached hydrogen (secondary N) is 1. The Hall–Kier alpha value is -1.18. The standard InChI is InChI=1S/C11H19NO6/c1-6(2)17-10-4-7(13)3-8(18-10)11(16)12-5-9(14)15/h6-8,10,13H,3-5H2,1-2H3,(H,12,16)(H,14,15). The van der Waals surface area contributed by atoms with Gasteiger partial charge in [0.15, 0.2) is 6.29 Å². The van der Waals surface area contributed by atoms with Crippen LogP contribution in [0.3, 0.4) is 0 Å². The van der Waals surface area contributed by atoms with Crippen LogP contribution in [0.5, 0.6) is 0 Å². The predicted molar refractivity (Wildman–Crippen MR) is 60.8 cm³/mol. The summed E-state index contributed by atoms with van der Waals surface area (Å²) in [6.07, 6.45) is -1.85. The van der Waals surface area contributed by atoms with Crippen LogP contribution in [0.15, 0.2) is 0 Å². The van der Waals surface area contributed by atoms with Crippen molar-refractivity contribution in [3.8, 4) is 0 Å². The third-order valence-corrected chi connectivity index (χ3v) is 2.40. The lowest BCUT2D eigenvalue weighted by molar-refractivity contribution is -0.226. The van der Waals surface area contributed by atoms with Crippen molar-refractivity contribution in [1.29, 1.82) is 0 Å². The summed E-state index contributed by atoms with van der Waals surface area (Å²) in [5.41, 5.74) is 0. The van der Waals surface area contributed by atoms with Crippen molar-refractivity contribution in [2.24, 2.45) is 0 Å². The van der Waals surface area contributed by atoms with E-state index in [1.165, 1.54) is 0 Å². The van der Waals surface area contributed by atoms with Crippen molar-refractivity contribution >= 4 is 11.9 Å². The van der Waals surface area contributed by atoms with Crippen LogP contribution in [0, 0.1) is 0 Å². The van der Waals surface area contributed by atoms with Gasteiger partial charge in [-0.3, -0.25) is 9.59 Å². The monoisotopic (exact) mass is 261 g/mol. The van der Waals surface area contributed by atoms with Gasteiger partial charge >= 0.3 is 5.97 Å². The van der Waals surface area contributed by atoms with E-state index in [1.807, 2.05) is 13.8 Å². The van der Waals surface area contributed by atoms with Gasteiger partial charge in [0.2, 0.25) is 5.91 Å². The second kappa shape index (κ2) is 6.67. The van der Waals surface area contributed by atoms with E-state index >= 15 is 0 Å². The first-order chi connectivity index (χ1) is 8.38. The van der Waals surface area contributed by atoms with Crippen LogP contribution in [0.1, 0.15) is 26.7 Å². The topological polar surface area (TPSA) is 105 Å². The molecule has 0 aromatic carbocycles. The summed E-state index contributed by atoms with van der Waals surface area (Å²) in [5, 5.41) is 20.3. The molecule has 1 rings (SSSR count). The van der Waals surface area contributed by atoms with Crippen LogP contribution in [-0.2, 0) is 19.1 Å². The maximum atomic E-state index is 11.6. The van der Waals surface area contributed by atoms with E-state index in [0.29, 0.717) is 6.42 Å². The first-order valence-corrected chi connectivity index (χ1v) is 5.87. The molecule has 3 unspecified atom stereocenters. The smallest absolute Gasteiger partial charge is 0.322 e. The van der Waals surface area contributed by atoms with E-state index in [4.69, 9.17) is 14.6 Å². The van der Waals surface area contributed by atoms with E-state index in [1.54, 1.807) is 0 Å². The molecule has 0 spiro atoms. The molecule has 0 aliphatic carbocycles. The van der Waals surface area contributed by atoms with Gasteiger partial charge in [0.05, 0.1) is 12.2 Å². The molecule has 0 saturated carbocycles. The number of carbonyl (C=O) groups is 2. The second-order valence-corrected chi connectivity index (χ2v) is 4.48. The van der Waals surface area contributed by atoms with Gasteiger partial charge in [-0.15, -0.1) is 0 Å². The number of carboxylic acid groups (broad SMARTS) is 1. The molecule has 1 aliphatic rings. The number of aliphatic hydroxyl groups excluding tert-OH is 1. The highest BCUT2D eigenvalue weighted by Gasteiger charge is 2.33. The Labute approximate surface area is 105 Å². The van der Waals surface area contributed by atoms with Crippen LogP contribution >= 0.6 is 0 Å². The molecule has 1 fully saturated rings. The number of aliphatic hydroxyl groups is 1. The molecule has 0 radical (unpaired) electrons. The van der Waals surface area contributed by atoms with Gasteiger partial charge < -0.3 is 25.0 Å². The zero-order valence-electron chi connectivity index (χ0n) is 10.5. The molecule has 18 heavy (non-hydrogen) atoms. The molecular weight excluding hydrogens is 242 g/mol. The zero-order valence-corrected chi connectivity index (χ0v) is 10.5. The fourth-order valence-corrected chi connectivity index (χ4v) is 1.70. The summed E-state index contributed by atoms with van der Waals surface area (Å²) in [4.78, 5) is 21.9. The Bertz CT molecular complexity index is 304. The highest BCUT2D eigenvalue weighted by atomic mass is 16.7. The Morgan fingerprint density at radius 1 is 1.44 bits per heavy atom. The Morgan fingerprint density at radius 3 is 2.67 bits per heavy atom. The van der Waals surface area contributed by atoms with Crippen molar-refractivity contribution in [2.75, 3.05) is 6.54 Å². The highest BCUT2D eigenvalue weighted by molar-refractivity contribution is 5.84. The molecule has 3 N–H and O–H groups in total. The van der Waals surface area contributed by atoms with Gasteiger partial charge in [0, 0.05) is 12.8 Å². The van der Waals surface area contributed by atoms with Crippen molar-refractivity contribution < 1.29 is 29.3 Å². The summed E-state index contributed by atoms with van der Waals surface area (Å²) in [7, 11) is 0. The molecular formula is C11H19NO6. The first-order valence-electron chi connectivity index (χ1n) is 5.87. The molecule has 1 amide bonds. The number of rotatable bonds is 5. The van der Waals surface area contributed by atoms with Gasteiger partial charge in [-0.1, -0.05) is 0 Å². The van der Waals surface area contributed by atoms with E-state index in [2.05, 4.69) is 5.32 Å². The maximum absolute atomic E-state index is 11.6. The van der Waals surface area contributed by atoms with Crippen LogP contribution < -0.4 is 5.32 Å². The fourth-order valence-electron chi connectivity index (χ4n) is 1.70. The van der Waals surface area contributed by atoms with E-state index in [9.17, 15) is 14.7 Å². The predicted octanol–water partition coefficient (Wildman–Crippen LogP) is -0.522.